The van der Waals surface area contributed by atoms with E-state index in [9.17, 15) is 0 Å². The first-order chi connectivity index (χ1) is 9.28. The van der Waals surface area contributed by atoms with Gasteiger partial charge in [0.05, 0.1) is 0 Å². The second-order valence-corrected chi connectivity index (χ2v) is 7.37. The van der Waals surface area contributed by atoms with Crippen molar-refractivity contribution in [3.63, 3.8) is 0 Å². The van der Waals surface area contributed by atoms with E-state index in [0.29, 0.717) is 0 Å². The number of hydrogen-bond acceptors (Lipinski definition) is 0. The molecule has 0 fully saturated rings. The summed E-state index contributed by atoms with van der Waals surface area (Å²) in [7, 11) is 10.4. The van der Waals surface area contributed by atoms with E-state index >= 15 is 0 Å². The molecule has 0 N–H and O–H groups in total. The van der Waals surface area contributed by atoms with Crippen LogP contribution in [0.15, 0.2) is 60.7 Å². The molecule has 0 nitrogen and oxygen atoms in total. The van der Waals surface area contributed by atoms with E-state index in [0.717, 1.165) is 8.58 Å². The van der Waals surface area contributed by atoms with Crippen molar-refractivity contribution in [2.45, 2.75) is 20.3 Å². The van der Waals surface area contributed by atoms with Gasteiger partial charge in [-0.25, -0.2) is 0 Å². The van der Waals surface area contributed by atoms with Crippen molar-refractivity contribution in [2.24, 2.45) is 0 Å². The minimum absolute atomic E-state index is 0.106. The van der Waals surface area contributed by atoms with E-state index in [2.05, 4.69) is 74.5 Å². The Bertz CT molecular complexity index is 356. The third-order valence-electron chi connectivity index (χ3n) is 1.84. The van der Waals surface area contributed by atoms with Crippen molar-refractivity contribution in [3.8, 4) is 0 Å². The van der Waals surface area contributed by atoms with Gasteiger partial charge in [-0.2, -0.15) is 0 Å². The first kappa shape index (κ1) is 19.1. The number of benzene rings is 2. The first-order valence-corrected chi connectivity index (χ1v) is 11.0. The van der Waals surface area contributed by atoms with Crippen LogP contribution in [0.2, 0.25) is 0 Å². The molecule has 0 spiro atoms. The molecule has 0 saturated carbocycles. The Labute approximate surface area is 134 Å². The standard InChI is InChI=1S/C12H11P.C3H8.2ClH.Pd/c1-3-7-11(8-4-1)13-12-9-5-2-6-10-12;1-3-2;;;/h1-10,13H;3H2,1-2H3;2*1H;/q;;;;+2/p-2. The summed E-state index contributed by atoms with van der Waals surface area (Å²) in [6.45, 7) is 4.25. The molecule has 0 aliphatic rings. The van der Waals surface area contributed by atoms with Gasteiger partial charge in [0, 0.05) is 0 Å². The maximum Gasteiger partial charge on any atom is -0.0226 e. The Kier molecular flexibility index (Phi) is 14.6. The minimum Gasteiger partial charge on any atom is -0.0622 e. The molecule has 0 aliphatic heterocycles. The normalized spacial score (nSPS) is 8.84. The van der Waals surface area contributed by atoms with Crippen LogP contribution in [0.25, 0.3) is 0 Å². The van der Waals surface area contributed by atoms with Crippen molar-refractivity contribution < 1.29 is 15.9 Å². The van der Waals surface area contributed by atoms with E-state index in [1.165, 1.54) is 17.0 Å². The van der Waals surface area contributed by atoms with Crippen LogP contribution >= 0.6 is 27.6 Å². The van der Waals surface area contributed by atoms with E-state index in [1.54, 1.807) is 0 Å². The summed E-state index contributed by atoms with van der Waals surface area (Å²) in [4.78, 5) is 0. The van der Waals surface area contributed by atoms with E-state index in [-0.39, 0.29) is 15.9 Å². The summed E-state index contributed by atoms with van der Waals surface area (Å²) in [5.41, 5.74) is 0. The molecule has 0 saturated heterocycles. The van der Waals surface area contributed by atoms with Crippen molar-refractivity contribution >= 4 is 38.2 Å². The summed E-state index contributed by atoms with van der Waals surface area (Å²) in [5, 5.41) is 2.79. The molecular formula is C15H19Cl2PPd. The fraction of sp³-hybridized carbons (Fsp3) is 0.200. The zero-order valence-electron chi connectivity index (χ0n) is 11.1. The average molecular weight is 408 g/mol. The van der Waals surface area contributed by atoms with Crippen molar-refractivity contribution in [3.05, 3.63) is 60.7 Å². The minimum atomic E-state index is -0.106. The van der Waals surface area contributed by atoms with E-state index in [1.807, 2.05) is 0 Å². The molecule has 0 amide bonds. The zero-order valence-corrected chi connectivity index (χ0v) is 15.1. The van der Waals surface area contributed by atoms with Crippen molar-refractivity contribution in [1.82, 2.24) is 0 Å². The number of hydrogen-bond donors (Lipinski definition) is 0. The molecular weight excluding hydrogens is 388 g/mol. The van der Waals surface area contributed by atoms with Gasteiger partial charge in [0.2, 0.25) is 0 Å². The van der Waals surface area contributed by atoms with Gasteiger partial charge < -0.3 is 0 Å². The molecule has 2 aromatic carbocycles. The quantitative estimate of drug-likeness (QED) is 0.479. The number of rotatable bonds is 2. The zero-order chi connectivity index (χ0) is 14.3. The SMILES string of the molecule is CCC.[Cl][Pd][Cl].c1ccc(Pc2ccccc2)cc1. The Balaban J connectivity index is 0.000000465. The monoisotopic (exact) mass is 406 g/mol. The Morgan fingerprint density at radius 3 is 1.32 bits per heavy atom. The molecule has 19 heavy (non-hydrogen) atoms. The predicted molar refractivity (Wildman–Crippen MR) is 88.1 cm³/mol. The second-order valence-electron chi connectivity index (χ2n) is 3.61. The smallest absolute Gasteiger partial charge is 0.0226 e. The Morgan fingerprint density at radius 1 is 0.789 bits per heavy atom. The van der Waals surface area contributed by atoms with Gasteiger partial charge in [-0.1, -0.05) is 89.5 Å². The van der Waals surface area contributed by atoms with Crippen molar-refractivity contribution in [1.29, 1.82) is 0 Å². The second kappa shape index (κ2) is 14.5. The molecule has 108 valence electrons. The predicted octanol–water partition coefficient (Wildman–Crippen LogP) is 5.11. The summed E-state index contributed by atoms with van der Waals surface area (Å²) in [5.74, 6) is 0. The summed E-state index contributed by atoms with van der Waals surface area (Å²) < 4.78 is 0. The van der Waals surface area contributed by atoms with Crippen LogP contribution in [-0.4, -0.2) is 0 Å². The Morgan fingerprint density at radius 2 is 1.05 bits per heavy atom. The molecule has 0 aliphatic carbocycles. The van der Waals surface area contributed by atoms with Crippen molar-refractivity contribution in [2.75, 3.05) is 0 Å². The van der Waals surface area contributed by atoms with Gasteiger partial charge in [-0.15, -0.1) is 0 Å². The molecule has 0 unspecified atom stereocenters. The van der Waals surface area contributed by atoms with Gasteiger partial charge in [0.1, 0.15) is 0 Å². The molecule has 2 aromatic rings. The average Bonchev–Trinajstić information content (AvgIpc) is 2.43. The molecule has 0 aromatic heterocycles. The topological polar surface area (TPSA) is 0 Å². The van der Waals surface area contributed by atoms with Crippen LogP contribution < -0.4 is 10.6 Å². The fourth-order valence-corrected chi connectivity index (χ4v) is 2.26. The van der Waals surface area contributed by atoms with Crippen LogP contribution in [0.4, 0.5) is 0 Å². The summed E-state index contributed by atoms with van der Waals surface area (Å²) in [6, 6.07) is 21.2. The van der Waals surface area contributed by atoms with Crippen LogP contribution in [-0.2, 0) is 15.9 Å². The molecule has 0 radical (unpaired) electrons. The van der Waals surface area contributed by atoms with E-state index in [4.69, 9.17) is 19.1 Å². The van der Waals surface area contributed by atoms with E-state index < -0.39 is 0 Å². The fourth-order valence-electron chi connectivity index (χ4n) is 1.21. The summed E-state index contributed by atoms with van der Waals surface area (Å²) >= 11 is -0.106. The maximum atomic E-state index is 4.81. The van der Waals surface area contributed by atoms with Crippen LogP contribution in [0.1, 0.15) is 20.3 Å². The number of halogens is 2. The molecule has 0 atom stereocenters. The van der Waals surface area contributed by atoms with Gasteiger partial charge in [0.15, 0.2) is 0 Å². The molecule has 2 rings (SSSR count). The maximum absolute atomic E-state index is 4.81. The largest absolute Gasteiger partial charge is 0.0622 e. The third-order valence-corrected chi connectivity index (χ3v) is 3.08. The van der Waals surface area contributed by atoms with Gasteiger partial charge in [-0.05, 0) is 10.6 Å². The van der Waals surface area contributed by atoms with Crippen LogP contribution in [0.5, 0.6) is 0 Å². The summed E-state index contributed by atoms with van der Waals surface area (Å²) in [6.07, 6.45) is 1.25. The third kappa shape index (κ3) is 11.6. The van der Waals surface area contributed by atoms with Gasteiger partial charge >= 0.3 is 35.0 Å². The van der Waals surface area contributed by atoms with Gasteiger partial charge in [-0.3, -0.25) is 0 Å². The van der Waals surface area contributed by atoms with Crippen LogP contribution in [0.3, 0.4) is 0 Å². The molecule has 0 bridgehead atoms. The van der Waals surface area contributed by atoms with Crippen LogP contribution in [0, 0.1) is 0 Å². The molecule has 4 heteroatoms. The molecule has 0 heterocycles. The first-order valence-electron chi connectivity index (χ1n) is 5.97. The van der Waals surface area contributed by atoms with Gasteiger partial charge in [0.25, 0.3) is 0 Å². The Hall–Kier alpha value is 0.112.